The number of hydrogen-bond acceptors (Lipinski definition) is 5. The van der Waals surface area contributed by atoms with E-state index in [0.29, 0.717) is 28.2 Å². The first-order chi connectivity index (χ1) is 13.8. The van der Waals surface area contributed by atoms with Crippen LogP contribution < -0.4 is 10.6 Å². The van der Waals surface area contributed by atoms with Crippen LogP contribution in [0.5, 0.6) is 0 Å². The van der Waals surface area contributed by atoms with Crippen LogP contribution in [0.25, 0.3) is 0 Å². The van der Waals surface area contributed by atoms with Gasteiger partial charge in [-0.1, -0.05) is 23.4 Å². The standard InChI is InChI=1S/C19H15ClFN3O4S/c20-11-1-5-13(6-2-11)22-16(25)9-15-18(27)24(19(28)29-15)10-17(26)23-14-7-3-12(21)4-8-14/h1-8,15H,9-10H2,(H,22,25)(H,23,26). The number of imide groups is 1. The smallest absolute Gasteiger partial charge is 0.289 e. The average Bonchev–Trinajstić information content (AvgIpc) is 2.93. The Labute approximate surface area is 174 Å². The van der Waals surface area contributed by atoms with Crippen molar-refractivity contribution >= 4 is 57.7 Å². The van der Waals surface area contributed by atoms with E-state index in [4.69, 9.17) is 11.6 Å². The monoisotopic (exact) mass is 435 g/mol. The van der Waals surface area contributed by atoms with Crippen molar-refractivity contribution in [3.63, 3.8) is 0 Å². The molecule has 1 saturated heterocycles. The molecule has 0 aliphatic carbocycles. The molecule has 2 aromatic carbocycles. The summed E-state index contributed by atoms with van der Waals surface area (Å²) < 4.78 is 12.9. The zero-order valence-electron chi connectivity index (χ0n) is 14.9. The van der Waals surface area contributed by atoms with Crippen molar-refractivity contribution in [3.8, 4) is 0 Å². The Kier molecular flexibility index (Phi) is 6.50. The highest BCUT2D eigenvalue weighted by Crippen LogP contribution is 2.29. The van der Waals surface area contributed by atoms with Gasteiger partial charge < -0.3 is 10.6 Å². The number of hydrogen-bond donors (Lipinski definition) is 2. The Hall–Kier alpha value is -2.91. The molecule has 1 fully saturated rings. The summed E-state index contributed by atoms with van der Waals surface area (Å²) in [5, 5.41) is 4.11. The molecule has 2 N–H and O–H groups in total. The van der Waals surface area contributed by atoms with Crippen LogP contribution in [0.1, 0.15) is 6.42 Å². The van der Waals surface area contributed by atoms with Crippen molar-refractivity contribution in [1.82, 2.24) is 4.90 Å². The Bertz CT molecular complexity index is 953. The highest BCUT2D eigenvalue weighted by atomic mass is 35.5. The molecule has 4 amide bonds. The molecule has 0 spiro atoms. The van der Waals surface area contributed by atoms with E-state index in [-0.39, 0.29) is 6.42 Å². The number of carbonyl (C=O) groups is 4. The van der Waals surface area contributed by atoms with Crippen molar-refractivity contribution in [2.75, 3.05) is 17.2 Å². The number of rotatable bonds is 6. The number of amides is 4. The van der Waals surface area contributed by atoms with E-state index in [1.807, 2.05) is 0 Å². The van der Waals surface area contributed by atoms with Gasteiger partial charge >= 0.3 is 0 Å². The average molecular weight is 436 g/mol. The van der Waals surface area contributed by atoms with E-state index in [9.17, 15) is 23.6 Å². The van der Waals surface area contributed by atoms with Gasteiger partial charge in [0, 0.05) is 22.8 Å². The van der Waals surface area contributed by atoms with Crippen molar-refractivity contribution in [1.29, 1.82) is 0 Å². The van der Waals surface area contributed by atoms with Crippen molar-refractivity contribution in [2.24, 2.45) is 0 Å². The summed E-state index contributed by atoms with van der Waals surface area (Å²) in [6.07, 6.45) is -0.214. The molecule has 29 heavy (non-hydrogen) atoms. The van der Waals surface area contributed by atoms with Crippen LogP contribution in [0.2, 0.25) is 5.02 Å². The maximum Gasteiger partial charge on any atom is 0.289 e. The summed E-state index contributed by atoms with van der Waals surface area (Å²) in [6.45, 7) is -0.489. The molecule has 10 heteroatoms. The molecule has 1 atom stereocenters. The number of carbonyl (C=O) groups excluding carboxylic acids is 4. The molecule has 0 saturated carbocycles. The fourth-order valence-corrected chi connectivity index (χ4v) is 3.68. The second-order valence-electron chi connectivity index (χ2n) is 6.11. The van der Waals surface area contributed by atoms with E-state index >= 15 is 0 Å². The van der Waals surface area contributed by atoms with Gasteiger partial charge in [0.15, 0.2) is 0 Å². The van der Waals surface area contributed by atoms with E-state index in [0.717, 1.165) is 4.90 Å². The third-order valence-corrected chi connectivity index (χ3v) is 5.26. The van der Waals surface area contributed by atoms with Crippen LogP contribution in [0.4, 0.5) is 20.6 Å². The maximum absolute atomic E-state index is 12.9. The number of anilines is 2. The summed E-state index contributed by atoms with van der Waals surface area (Å²) in [7, 11) is 0. The van der Waals surface area contributed by atoms with Crippen molar-refractivity contribution in [3.05, 3.63) is 59.4 Å². The lowest BCUT2D eigenvalue weighted by molar-refractivity contribution is -0.131. The highest BCUT2D eigenvalue weighted by Gasteiger charge is 2.41. The zero-order valence-corrected chi connectivity index (χ0v) is 16.4. The molecule has 1 aliphatic rings. The van der Waals surface area contributed by atoms with Crippen molar-refractivity contribution < 1.29 is 23.6 Å². The minimum atomic E-state index is -0.909. The van der Waals surface area contributed by atoms with Crippen LogP contribution in [-0.2, 0) is 14.4 Å². The van der Waals surface area contributed by atoms with Gasteiger partial charge in [0.25, 0.3) is 5.24 Å². The molecule has 150 valence electrons. The van der Waals surface area contributed by atoms with Crippen LogP contribution in [0.15, 0.2) is 48.5 Å². The van der Waals surface area contributed by atoms with Crippen LogP contribution in [0, 0.1) is 5.82 Å². The number of nitrogens with zero attached hydrogens (tertiary/aromatic N) is 1. The third kappa shape index (κ3) is 5.55. The summed E-state index contributed by atoms with van der Waals surface area (Å²) in [6, 6.07) is 11.5. The Morgan fingerprint density at radius 1 is 0.966 bits per heavy atom. The second kappa shape index (κ2) is 9.06. The minimum Gasteiger partial charge on any atom is -0.326 e. The fourth-order valence-electron chi connectivity index (χ4n) is 2.56. The van der Waals surface area contributed by atoms with Gasteiger partial charge in [-0.2, -0.15) is 0 Å². The molecular formula is C19H15ClFN3O4S. The van der Waals surface area contributed by atoms with Gasteiger partial charge in [-0.15, -0.1) is 0 Å². The Morgan fingerprint density at radius 2 is 1.52 bits per heavy atom. The lowest BCUT2D eigenvalue weighted by Crippen LogP contribution is -2.38. The molecule has 1 unspecified atom stereocenters. The first-order valence-electron chi connectivity index (χ1n) is 8.44. The minimum absolute atomic E-state index is 0.214. The molecule has 0 radical (unpaired) electrons. The Morgan fingerprint density at radius 3 is 2.14 bits per heavy atom. The second-order valence-corrected chi connectivity index (χ2v) is 7.70. The molecular weight excluding hydrogens is 421 g/mol. The van der Waals surface area contributed by atoms with E-state index in [1.54, 1.807) is 24.3 Å². The van der Waals surface area contributed by atoms with Crippen LogP contribution in [-0.4, -0.2) is 39.7 Å². The van der Waals surface area contributed by atoms with E-state index in [2.05, 4.69) is 10.6 Å². The molecule has 1 heterocycles. The number of thioether (sulfide) groups is 1. The molecule has 3 rings (SSSR count). The molecule has 0 bridgehead atoms. The normalized spacial score (nSPS) is 16.1. The fraction of sp³-hybridized carbons (Fsp3) is 0.158. The molecule has 0 aromatic heterocycles. The summed E-state index contributed by atoms with van der Waals surface area (Å²) >= 11 is 6.48. The van der Waals surface area contributed by atoms with Crippen LogP contribution >= 0.6 is 23.4 Å². The highest BCUT2D eigenvalue weighted by molar-refractivity contribution is 8.15. The molecule has 1 aliphatic heterocycles. The number of nitrogens with one attached hydrogen (secondary N) is 2. The molecule has 7 nitrogen and oxygen atoms in total. The SMILES string of the molecule is O=C(CC1SC(=O)N(CC(=O)Nc2ccc(F)cc2)C1=O)Nc1ccc(Cl)cc1. The number of halogens is 2. The van der Waals surface area contributed by atoms with E-state index < -0.39 is 40.6 Å². The number of benzene rings is 2. The first-order valence-corrected chi connectivity index (χ1v) is 9.70. The lowest BCUT2D eigenvalue weighted by atomic mass is 10.2. The van der Waals surface area contributed by atoms with Crippen molar-refractivity contribution in [2.45, 2.75) is 11.7 Å². The summed E-state index contributed by atoms with van der Waals surface area (Å²) in [4.78, 5) is 49.6. The predicted octanol–water partition coefficient (Wildman–Crippen LogP) is 3.51. The largest absolute Gasteiger partial charge is 0.326 e. The first kappa shape index (κ1) is 20.8. The summed E-state index contributed by atoms with van der Waals surface area (Å²) in [5.74, 6) is -2.11. The zero-order chi connectivity index (χ0) is 21.0. The van der Waals surface area contributed by atoms with Gasteiger partial charge in [-0.25, -0.2) is 4.39 Å². The van der Waals surface area contributed by atoms with Crippen LogP contribution in [0.3, 0.4) is 0 Å². The van der Waals surface area contributed by atoms with Gasteiger partial charge in [-0.3, -0.25) is 24.1 Å². The topological polar surface area (TPSA) is 95.6 Å². The molecule has 2 aromatic rings. The van der Waals surface area contributed by atoms with Gasteiger partial charge in [-0.05, 0) is 48.5 Å². The van der Waals surface area contributed by atoms with Gasteiger partial charge in [0.2, 0.25) is 17.7 Å². The Balaban J connectivity index is 1.54. The maximum atomic E-state index is 12.9. The quantitative estimate of drug-likeness (QED) is 0.724. The summed E-state index contributed by atoms with van der Waals surface area (Å²) in [5.41, 5.74) is 0.846. The predicted molar refractivity (Wildman–Crippen MR) is 108 cm³/mol. The third-order valence-electron chi connectivity index (χ3n) is 3.93. The van der Waals surface area contributed by atoms with E-state index in [1.165, 1.54) is 24.3 Å². The van der Waals surface area contributed by atoms with Gasteiger partial charge in [0.05, 0.1) is 0 Å². The van der Waals surface area contributed by atoms with Gasteiger partial charge in [0.1, 0.15) is 17.6 Å². The lowest BCUT2D eigenvalue weighted by Gasteiger charge is -2.14.